The quantitative estimate of drug-likeness (QED) is 0.428. The monoisotopic (exact) mass is 427 g/mol. The van der Waals surface area contributed by atoms with Crippen LogP contribution in [0.1, 0.15) is 21.5 Å². The molecule has 7 heteroatoms. The molecule has 0 fully saturated rings. The largest absolute Gasteiger partial charge is 0.304 e. The van der Waals surface area contributed by atoms with Gasteiger partial charge in [-0.05, 0) is 48.4 Å². The third kappa shape index (κ3) is 3.84. The van der Waals surface area contributed by atoms with Crippen LogP contribution in [-0.2, 0) is 6.54 Å². The number of anilines is 1. The van der Waals surface area contributed by atoms with Crippen molar-refractivity contribution < 1.29 is 9.18 Å². The summed E-state index contributed by atoms with van der Waals surface area (Å²) >= 11 is 12.3. The van der Waals surface area contributed by atoms with Crippen molar-refractivity contribution in [3.8, 4) is 0 Å². The van der Waals surface area contributed by atoms with E-state index in [-0.39, 0.29) is 5.56 Å². The highest BCUT2D eigenvalue weighted by molar-refractivity contribution is 6.35. The number of hydrogen-bond acceptors (Lipinski definition) is 2. The summed E-state index contributed by atoms with van der Waals surface area (Å²) in [5.74, 6) is -0.752. The Morgan fingerprint density at radius 3 is 2.66 bits per heavy atom. The molecule has 0 saturated heterocycles. The molecule has 0 saturated carbocycles. The maximum Gasteiger partial charge on any atom is 0.260 e. The average Bonchev–Trinajstić information content (AvgIpc) is 3.01. The minimum Gasteiger partial charge on any atom is -0.304 e. The second-order valence-corrected chi connectivity index (χ2v) is 7.49. The molecule has 0 aliphatic heterocycles. The first-order valence-electron chi connectivity index (χ1n) is 8.90. The number of aryl methyl sites for hydroxylation is 1. The summed E-state index contributed by atoms with van der Waals surface area (Å²) in [6, 6.07) is 17.3. The molecule has 1 heterocycles. The van der Waals surface area contributed by atoms with Gasteiger partial charge in [-0.15, -0.1) is 0 Å². The van der Waals surface area contributed by atoms with Crippen LogP contribution in [-0.4, -0.2) is 15.7 Å². The van der Waals surface area contributed by atoms with Crippen molar-refractivity contribution in [3.05, 3.63) is 93.2 Å². The molecule has 0 aliphatic carbocycles. The van der Waals surface area contributed by atoms with Crippen molar-refractivity contribution in [3.63, 3.8) is 0 Å². The molecule has 0 unspecified atom stereocenters. The molecule has 4 rings (SSSR count). The third-order valence-corrected chi connectivity index (χ3v) is 5.26. The van der Waals surface area contributed by atoms with Crippen molar-refractivity contribution in [2.75, 3.05) is 5.32 Å². The first-order valence-corrected chi connectivity index (χ1v) is 9.65. The van der Waals surface area contributed by atoms with Crippen LogP contribution in [0.3, 0.4) is 0 Å². The molecule has 0 atom stereocenters. The van der Waals surface area contributed by atoms with E-state index in [4.69, 9.17) is 23.2 Å². The molecule has 29 heavy (non-hydrogen) atoms. The standard InChI is InChI=1S/C22H16Cl2FN3O/c1-13-5-4-7-18(25)20(13)22(29)26-21-16-6-2-3-8-19(16)28(27-21)12-14-9-10-15(23)11-17(14)24/h2-11H,12H2,1H3,(H,26,27,29). The van der Waals surface area contributed by atoms with Crippen molar-refractivity contribution in [1.82, 2.24) is 9.78 Å². The highest BCUT2D eigenvalue weighted by atomic mass is 35.5. The number of carbonyl (C=O) groups excluding carboxylic acids is 1. The summed E-state index contributed by atoms with van der Waals surface area (Å²) in [4.78, 5) is 12.7. The fourth-order valence-electron chi connectivity index (χ4n) is 3.24. The molecule has 146 valence electrons. The Kier molecular flexibility index (Phi) is 5.26. The number of rotatable bonds is 4. The Bertz CT molecular complexity index is 1220. The van der Waals surface area contributed by atoms with Crippen LogP contribution in [0.5, 0.6) is 0 Å². The molecular weight excluding hydrogens is 412 g/mol. The highest BCUT2D eigenvalue weighted by Crippen LogP contribution is 2.27. The van der Waals surface area contributed by atoms with Crippen molar-refractivity contribution in [2.45, 2.75) is 13.5 Å². The summed E-state index contributed by atoms with van der Waals surface area (Å²) in [7, 11) is 0. The first kappa shape index (κ1) is 19.4. The van der Waals surface area contributed by atoms with Crippen LogP contribution in [0.2, 0.25) is 10.0 Å². The molecule has 1 N–H and O–H groups in total. The van der Waals surface area contributed by atoms with E-state index < -0.39 is 11.7 Å². The highest BCUT2D eigenvalue weighted by Gasteiger charge is 2.18. The topological polar surface area (TPSA) is 46.9 Å². The van der Waals surface area contributed by atoms with Crippen molar-refractivity contribution in [2.24, 2.45) is 0 Å². The first-order chi connectivity index (χ1) is 13.9. The van der Waals surface area contributed by atoms with Crippen molar-refractivity contribution in [1.29, 1.82) is 0 Å². The lowest BCUT2D eigenvalue weighted by atomic mass is 10.1. The van der Waals surface area contributed by atoms with E-state index in [1.54, 1.807) is 35.9 Å². The van der Waals surface area contributed by atoms with Gasteiger partial charge in [-0.25, -0.2) is 4.39 Å². The minimum absolute atomic E-state index is 0.00637. The number of nitrogens with one attached hydrogen (secondary N) is 1. The lowest BCUT2D eigenvalue weighted by Gasteiger charge is -2.07. The van der Waals surface area contributed by atoms with E-state index in [2.05, 4.69) is 10.4 Å². The third-order valence-electron chi connectivity index (χ3n) is 4.67. The van der Waals surface area contributed by atoms with E-state index in [0.717, 1.165) is 16.5 Å². The SMILES string of the molecule is Cc1cccc(F)c1C(=O)Nc1nn(Cc2ccc(Cl)cc2Cl)c2ccccc12. The van der Waals surface area contributed by atoms with E-state index in [0.29, 0.717) is 28.0 Å². The smallest absolute Gasteiger partial charge is 0.260 e. The number of fused-ring (bicyclic) bond motifs is 1. The molecule has 0 radical (unpaired) electrons. The predicted octanol–water partition coefficient (Wildman–Crippen LogP) is 6.09. The van der Waals surface area contributed by atoms with Crippen LogP contribution < -0.4 is 5.32 Å². The normalized spacial score (nSPS) is 11.0. The fourth-order valence-corrected chi connectivity index (χ4v) is 3.71. The summed E-state index contributed by atoms with van der Waals surface area (Å²) < 4.78 is 15.9. The van der Waals surface area contributed by atoms with Gasteiger partial charge in [-0.2, -0.15) is 5.10 Å². The number of nitrogens with zero attached hydrogens (tertiary/aromatic N) is 2. The van der Waals surface area contributed by atoms with Gasteiger partial charge in [-0.1, -0.05) is 53.5 Å². The number of aromatic nitrogens is 2. The van der Waals surface area contributed by atoms with Gasteiger partial charge in [0.2, 0.25) is 0 Å². The van der Waals surface area contributed by atoms with Crippen LogP contribution in [0.4, 0.5) is 10.2 Å². The van der Waals surface area contributed by atoms with Gasteiger partial charge in [0.25, 0.3) is 5.91 Å². The Hall–Kier alpha value is -2.89. The molecule has 0 bridgehead atoms. The molecule has 4 aromatic rings. The maximum atomic E-state index is 14.2. The maximum absolute atomic E-state index is 14.2. The minimum atomic E-state index is -0.570. The number of para-hydroxylation sites is 1. The van der Waals surface area contributed by atoms with E-state index in [1.807, 2.05) is 30.3 Å². The lowest BCUT2D eigenvalue weighted by Crippen LogP contribution is -2.16. The van der Waals surface area contributed by atoms with Gasteiger partial charge < -0.3 is 5.32 Å². The Morgan fingerprint density at radius 1 is 1.10 bits per heavy atom. The van der Waals surface area contributed by atoms with E-state index in [9.17, 15) is 9.18 Å². The van der Waals surface area contributed by atoms with Crippen LogP contribution in [0.15, 0.2) is 60.7 Å². The lowest BCUT2D eigenvalue weighted by molar-refractivity contribution is 0.102. The number of hydrogen-bond donors (Lipinski definition) is 1. The second-order valence-electron chi connectivity index (χ2n) is 6.64. The number of halogens is 3. The average molecular weight is 428 g/mol. The molecule has 0 aliphatic rings. The predicted molar refractivity (Wildman–Crippen MR) is 114 cm³/mol. The molecular formula is C22H16Cl2FN3O. The van der Waals surface area contributed by atoms with Crippen molar-refractivity contribution >= 4 is 45.8 Å². The molecule has 0 spiro atoms. The number of benzene rings is 3. The van der Waals surface area contributed by atoms with Gasteiger partial charge in [0, 0.05) is 15.4 Å². The van der Waals surface area contributed by atoms with Gasteiger partial charge in [0.1, 0.15) is 5.82 Å². The molecule has 4 nitrogen and oxygen atoms in total. The van der Waals surface area contributed by atoms with Crippen LogP contribution in [0, 0.1) is 12.7 Å². The zero-order valence-corrected chi connectivity index (χ0v) is 16.9. The number of amides is 1. The summed E-state index contributed by atoms with van der Waals surface area (Å²) in [6.07, 6.45) is 0. The van der Waals surface area contributed by atoms with E-state index >= 15 is 0 Å². The fraction of sp³-hybridized carbons (Fsp3) is 0.0909. The van der Waals surface area contributed by atoms with Gasteiger partial charge >= 0.3 is 0 Å². The zero-order valence-electron chi connectivity index (χ0n) is 15.4. The second kappa shape index (κ2) is 7.85. The van der Waals surface area contributed by atoms with Gasteiger partial charge in [-0.3, -0.25) is 9.48 Å². The summed E-state index contributed by atoms with van der Waals surface area (Å²) in [6.45, 7) is 2.09. The van der Waals surface area contributed by atoms with Gasteiger partial charge in [0.05, 0.1) is 17.6 Å². The summed E-state index contributed by atoms with van der Waals surface area (Å²) in [5.41, 5.74) is 2.22. The molecule has 3 aromatic carbocycles. The van der Waals surface area contributed by atoms with E-state index in [1.165, 1.54) is 6.07 Å². The Balaban J connectivity index is 1.72. The van der Waals surface area contributed by atoms with Crippen LogP contribution >= 0.6 is 23.2 Å². The summed E-state index contributed by atoms with van der Waals surface area (Å²) in [5, 5.41) is 9.13. The van der Waals surface area contributed by atoms with Crippen LogP contribution in [0.25, 0.3) is 10.9 Å². The van der Waals surface area contributed by atoms with Gasteiger partial charge in [0.15, 0.2) is 5.82 Å². The zero-order chi connectivity index (χ0) is 20.5. The molecule has 1 aromatic heterocycles. The Labute approximate surface area is 176 Å². The molecule has 1 amide bonds. The Morgan fingerprint density at radius 2 is 1.90 bits per heavy atom. The number of carbonyl (C=O) groups is 1.